The van der Waals surface area contributed by atoms with Gasteiger partial charge in [0.1, 0.15) is 17.7 Å². The number of rotatable bonds is 3. The van der Waals surface area contributed by atoms with E-state index in [9.17, 15) is 9.59 Å². The van der Waals surface area contributed by atoms with Crippen LogP contribution in [0.25, 0.3) is 0 Å². The van der Waals surface area contributed by atoms with Gasteiger partial charge in [0.2, 0.25) is 5.82 Å². The Morgan fingerprint density at radius 2 is 2.13 bits per heavy atom. The lowest BCUT2D eigenvalue weighted by atomic mass is 9.93. The lowest BCUT2D eigenvalue weighted by Crippen LogP contribution is -2.47. The van der Waals surface area contributed by atoms with Gasteiger partial charge in [0.25, 0.3) is 11.8 Å². The molecule has 5 heterocycles. The summed E-state index contributed by atoms with van der Waals surface area (Å²) in [7, 11) is 3.64. The molecule has 11 nitrogen and oxygen atoms in total. The first kappa shape index (κ1) is 18.8. The summed E-state index contributed by atoms with van der Waals surface area (Å²) in [5.41, 5.74) is 0. The Morgan fingerprint density at radius 3 is 2.93 bits per heavy atom. The van der Waals surface area contributed by atoms with Crippen molar-refractivity contribution in [1.82, 2.24) is 34.9 Å². The zero-order chi connectivity index (χ0) is 20.8. The summed E-state index contributed by atoms with van der Waals surface area (Å²) >= 11 is 0. The zero-order valence-corrected chi connectivity index (χ0v) is 17.1. The van der Waals surface area contributed by atoms with Crippen LogP contribution in [0, 0.1) is 5.92 Å². The average Bonchev–Trinajstić information content (AvgIpc) is 3.47. The van der Waals surface area contributed by atoms with Gasteiger partial charge in [-0.15, -0.1) is 5.10 Å². The number of hydrogen-bond donors (Lipinski definition) is 1. The van der Waals surface area contributed by atoms with Crippen LogP contribution in [0.2, 0.25) is 0 Å². The first-order valence-corrected chi connectivity index (χ1v) is 10.3. The first-order valence-electron chi connectivity index (χ1n) is 10.3. The molecule has 0 aliphatic carbocycles. The maximum absolute atomic E-state index is 12.9. The van der Waals surface area contributed by atoms with Crippen molar-refractivity contribution in [2.45, 2.75) is 44.3 Å². The predicted molar refractivity (Wildman–Crippen MR) is 108 cm³/mol. The third kappa shape index (κ3) is 3.14. The Hall–Kier alpha value is -3.24. The SMILES string of the molecule is CN1CC([C@H]2CCCc3nc(C(=O)N[C@H]4CCn5nccc5N(C)C4=O)nn32)C=N1. The molecule has 0 spiro atoms. The fourth-order valence-corrected chi connectivity index (χ4v) is 4.56. The molecule has 0 saturated heterocycles. The van der Waals surface area contributed by atoms with Gasteiger partial charge in [-0.3, -0.25) is 19.5 Å². The molecular weight excluding hydrogens is 386 g/mol. The van der Waals surface area contributed by atoms with Crippen LogP contribution in [-0.2, 0) is 17.8 Å². The Balaban J connectivity index is 1.33. The second-order valence-electron chi connectivity index (χ2n) is 8.15. The molecule has 1 N–H and O–H groups in total. The molecule has 0 radical (unpaired) electrons. The van der Waals surface area contributed by atoms with E-state index in [4.69, 9.17) is 0 Å². The van der Waals surface area contributed by atoms with E-state index in [1.54, 1.807) is 24.0 Å². The minimum atomic E-state index is -0.642. The van der Waals surface area contributed by atoms with Crippen LogP contribution < -0.4 is 10.2 Å². The molecular formula is C19H25N9O2. The molecule has 3 aliphatic heterocycles. The molecule has 0 bridgehead atoms. The van der Waals surface area contributed by atoms with Crippen LogP contribution in [0.15, 0.2) is 17.4 Å². The van der Waals surface area contributed by atoms with Gasteiger partial charge in [-0.05, 0) is 19.3 Å². The quantitative estimate of drug-likeness (QED) is 0.764. The summed E-state index contributed by atoms with van der Waals surface area (Å²) in [6.07, 6.45) is 6.88. The van der Waals surface area contributed by atoms with Crippen LogP contribution >= 0.6 is 0 Å². The number of aryl methyl sites for hydroxylation is 2. The Morgan fingerprint density at radius 1 is 1.27 bits per heavy atom. The Labute approximate surface area is 173 Å². The van der Waals surface area contributed by atoms with Crippen LogP contribution in [0.4, 0.5) is 5.82 Å². The summed E-state index contributed by atoms with van der Waals surface area (Å²) in [6.45, 7) is 1.39. The van der Waals surface area contributed by atoms with Crippen molar-refractivity contribution < 1.29 is 9.59 Å². The molecule has 0 fully saturated rings. The van der Waals surface area contributed by atoms with Gasteiger partial charge in [-0.1, -0.05) is 0 Å². The largest absolute Gasteiger partial charge is 0.337 e. The van der Waals surface area contributed by atoms with E-state index in [1.807, 2.05) is 23.0 Å². The smallest absolute Gasteiger partial charge is 0.291 e. The van der Waals surface area contributed by atoms with Crippen molar-refractivity contribution in [3.05, 3.63) is 23.9 Å². The minimum absolute atomic E-state index is 0.123. The number of fused-ring (bicyclic) bond motifs is 2. The number of anilines is 1. The van der Waals surface area contributed by atoms with Crippen molar-refractivity contribution in [3.8, 4) is 0 Å². The second-order valence-corrected chi connectivity index (χ2v) is 8.15. The van der Waals surface area contributed by atoms with E-state index >= 15 is 0 Å². The normalized spacial score (nSPS) is 25.8. The van der Waals surface area contributed by atoms with E-state index in [0.717, 1.165) is 37.4 Å². The molecule has 3 atom stereocenters. The summed E-state index contributed by atoms with van der Waals surface area (Å²) < 4.78 is 3.66. The Kier molecular flexibility index (Phi) is 4.52. The fraction of sp³-hybridized carbons (Fsp3) is 0.579. The number of aromatic nitrogens is 5. The monoisotopic (exact) mass is 411 g/mol. The zero-order valence-electron chi connectivity index (χ0n) is 17.1. The molecule has 30 heavy (non-hydrogen) atoms. The molecule has 158 valence electrons. The number of hydrazone groups is 1. The highest BCUT2D eigenvalue weighted by Crippen LogP contribution is 2.31. The van der Waals surface area contributed by atoms with E-state index < -0.39 is 11.9 Å². The molecule has 11 heteroatoms. The number of carbonyl (C=O) groups excluding carboxylic acids is 2. The molecule has 1 unspecified atom stereocenters. The predicted octanol–water partition coefficient (Wildman–Crippen LogP) is 0.0645. The number of nitrogens with one attached hydrogen (secondary N) is 1. The van der Waals surface area contributed by atoms with Crippen molar-refractivity contribution in [2.75, 3.05) is 25.5 Å². The van der Waals surface area contributed by atoms with E-state index in [-0.39, 0.29) is 23.7 Å². The number of likely N-dealkylation sites (N-methyl/N-ethyl adjacent to an activating group) is 1. The lowest BCUT2D eigenvalue weighted by Gasteiger charge is -2.27. The minimum Gasteiger partial charge on any atom is -0.337 e. The molecule has 3 aliphatic rings. The van der Waals surface area contributed by atoms with E-state index in [0.29, 0.717) is 13.0 Å². The fourth-order valence-electron chi connectivity index (χ4n) is 4.56. The van der Waals surface area contributed by atoms with E-state index in [1.165, 1.54) is 4.90 Å². The lowest BCUT2D eigenvalue weighted by molar-refractivity contribution is -0.120. The maximum atomic E-state index is 12.9. The third-order valence-electron chi connectivity index (χ3n) is 6.15. The van der Waals surface area contributed by atoms with Crippen molar-refractivity contribution in [2.24, 2.45) is 11.0 Å². The molecule has 2 amide bonds. The van der Waals surface area contributed by atoms with Crippen LogP contribution in [0.3, 0.4) is 0 Å². The van der Waals surface area contributed by atoms with Gasteiger partial charge in [0.05, 0.1) is 12.2 Å². The van der Waals surface area contributed by atoms with Crippen LogP contribution in [0.5, 0.6) is 0 Å². The van der Waals surface area contributed by atoms with Gasteiger partial charge in [-0.25, -0.2) is 14.3 Å². The standard InChI is InChI=1S/C19H25N9O2/c1-25-11-12(10-21-25)14-4-3-5-15-23-17(24-28(14)15)18(29)22-13-7-9-27-16(6-8-20-27)26(2)19(13)30/h6,8,10,12-14H,3-5,7,9,11H2,1-2H3,(H,22,29)/t12?,13-,14+/m0/s1. The summed E-state index contributed by atoms with van der Waals surface area (Å²) in [5.74, 6) is 1.33. The molecule has 2 aromatic rings. The number of amides is 2. The van der Waals surface area contributed by atoms with Gasteiger partial charge in [-0.2, -0.15) is 10.2 Å². The molecule has 0 aromatic carbocycles. The Bertz CT molecular complexity index is 1010. The first-order chi connectivity index (χ1) is 14.5. The third-order valence-corrected chi connectivity index (χ3v) is 6.15. The van der Waals surface area contributed by atoms with Crippen molar-refractivity contribution in [1.29, 1.82) is 0 Å². The van der Waals surface area contributed by atoms with Gasteiger partial charge in [0, 0.05) is 51.8 Å². The topological polar surface area (TPSA) is 114 Å². The second kappa shape index (κ2) is 7.22. The molecule has 5 rings (SSSR count). The molecule has 0 saturated carbocycles. The van der Waals surface area contributed by atoms with Crippen LogP contribution in [0.1, 0.15) is 41.7 Å². The van der Waals surface area contributed by atoms with Crippen molar-refractivity contribution in [3.63, 3.8) is 0 Å². The van der Waals surface area contributed by atoms with Gasteiger partial charge < -0.3 is 5.32 Å². The average molecular weight is 411 g/mol. The van der Waals surface area contributed by atoms with E-state index in [2.05, 4.69) is 25.6 Å². The highest BCUT2D eigenvalue weighted by molar-refractivity contribution is 6.00. The number of nitrogens with zero attached hydrogens (tertiary/aromatic N) is 8. The highest BCUT2D eigenvalue weighted by atomic mass is 16.2. The van der Waals surface area contributed by atoms with Crippen molar-refractivity contribution >= 4 is 23.8 Å². The van der Waals surface area contributed by atoms with Gasteiger partial charge >= 0.3 is 0 Å². The van der Waals surface area contributed by atoms with Crippen LogP contribution in [-0.4, -0.2) is 74.3 Å². The molecule has 2 aromatic heterocycles. The number of hydrogen-bond acceptors (Lipinski definition) is 7. The summed E-state index contributed by atoms with van der Waals surface area (Å²) in [5, 5.41) is 17.9. The maximum Gasteiger partial charge on any atom is 0.291 e. The highest BCUT2D eigenvalue weighted by Gasteiger charge is 2.34. The summed E-state index contributed by atoms with van der Waals surface area (Å²) in [4.78, 5) is 31.8. The van der Waals surface area contributed by atoms with Gasteiger partial charge in [0.15, 0.2) is 0 Å². The summed E-state index contributed by atoms with van der Waals surface area (Å²) in [6, 6.07) is 1.30. The number of carbonyl (C=O) groups is 2.